The minimum absolute atomic E-state index is 0.205. The molecule has 1 heterocycles. The molecule has 0 unspecified atom stereocenters. The Morgan fingerprint density at radius 1 is 1.69 bits per heavy atom. The number of nitrogens with one attached hydrogen (secondary N) is 1. The smallest absolute Gasteiger partial charge is 0.224 e. The third-order valence-electron chi connectivity index (χ3n) is 1.44. The van der Waals surface area contributed by atoms with E-state index < -0.39 is 0 Å². The summed E-state index contributed by atoms with van der Waals surface area (Å²) in [5.74, 6) is 0.713. The van der Waals surface area contributed by atoms with Gasteiger partial charge >= 0.3 is 0 Å². The highest BCUT2D eigenvalue weighted by atomic mass is 35.5. The molecule has 0 spiro atoms. The van der Waals surface area contributed by atoms with E-state index in [1.54, 1.807) is 19.4 Å². The Hall–Kier alpha value is -0.870. The van der Waals surface area contributed by atoms with Crippen LogP contribution in [0, 0.1) is 0 Å². The number of hydrogen-bond acceptors (Lipinski definition) is 4. The molecule has 1 aromatic rings. The van der Waals surface area contributed by atoms with E-state index in [1.807, 2.05) is 6.92 Å². The zero-order valence-electron chi connectivity index (χ0n) is 7.62. The maximum atomic E-state index is 5.61. The molecule has 0 saturated carbocycles. The number of nitrogens with zero attached hydrogens (tertiary/aromatic N) is 2. The molecule has 1 atom stereocenters. The van der Waals surface area contributed by atoms with E-state index in [0.29, 0.717) is 12.4 Å². The molecule has 1 N–H and O–H groups in total. The first-order valence-corrected chi connectivity index (χ1v) is 4.34. The van der Waals surface area contributed by atoms with Gasteiger partial charge in [0.25, 0.3) is 0 Å². The van der Waals surface area contributed by atoms with Gasteiger partial charge in [-0.15, -0.1) is 0 Å². The molecule has 0 radical (unpaired) electrons. The van der Waals surface area contributed by atoms with Crippen molar-refractivity contribution >= 4 is 17.4 Å². The Kier molecular flexibility index (Phi) is 3.92. The molecular formula is C8H12ClN3O. The standard InChI is InChI=1S/C8H12ClN3O/c1-6(5-13-2)11-7-3-4-10-8(9)12-7/h3-4,6H,5H2,1-2H3,(H,10,11,12)/t6-/m1/s1. The van der Waals surface area contributed by atoms with E-state index in [9.17, 15) is 0 Å². The van der Waals surface area contributed by atoms with Crippen LogP contribution in [0.2, 0.25) is 5.28 Å². The van der Waals surface area contributed by atoms with E-state index in [4.69, 9.17) is 16.3 Å². The summed E-state index contributed by atoms with van der Waals surface area (Å²) in [7, 11) is 1.66. The van der Waals surface area contributed by atoms with Crippen LogP contribution in [0.5, 0.6) is 0 Å². The van der Waals surface area contributed by atoms with Crippen molar-refractivity contribution in [2.75, 3.05) is 19.0 Å². The summed E-state index contributed by atoms with van der Waals surface area (Å²) in [4.78, 5) is 7.76. The van der Waals surface area contributed by atoms with Gasteiger partial charge in [0.1, 0.15) is 5.82 Å². The van der Waals surface area contributed by atoms with Gasteiger partial charge in [-0.3, -0.25) is 0 Å². The number of aromatic nitrogens is 2. The number of hydrogen-bond donors (Lipinski definition) is 1. The third kappa shape index (κ3) is 3.57. The zero-order chi connectivity index (χ0) is 9.68. The predicted octanol–water partition coefficient (Wildman–Crippen LogP) is 1.58. The van der Waals surface area contributed by atoms with Gasteiger partial charge in [-0.2, -0.15) is 0 Å². The van der Waals surface area contributed by atoms with Crippen molar-refractivity contribution in [2.45, 2.75) is 13.0 Å². The molecule has 1 rings (SSSR count). The predicted molar refractivity (Wildman–Crippen MR) is 52.0 cm³/mol. The molecule has 0 bridgehead atoms. The Morgan fingerprint density at radius 2 is 2.46 bits per heavy atom. The summed E-state index contributed by atoms with van der Waals surface area (Å²) in [6.45, 7) is 2.63. The second-order valence-corrected chi connectivity index (χ2v) is 3.05. The Balaban J connectivity index is 2.53. The van der Waals surface area contributed by atoms with Crippen LogP contribution in [-0.4, -0.2) is 29.7 Å². The van der Waals surface area contributed by atoms with Crippen LogP contribution in [0.25, 0.3) is 0 Å². The molecule has 72 valence electrons. The van der Waals surface area contributed by atoms with Crippen molar-refractivity contribution in [3.8, 4) is 0 Å². The van der Waals surface area contributed by atoms with Gasteiger partial charge in [0.2, 0.25) is 5.28 Å². The molecule has 0 saturated heterocycles. The van der Waals surface area contributed by atoms with Crippen LogP contribution < -0.4 is 5.32 Å². The fraction of sp³-hybridized carbons (Fsp3) is 0.500. The van der Waals surface area contributed by atoms with Crippen molar-refractivity contribution in [1.82, 2.24) is 9.97 Å². The van der Waals surface area contributed by atoms with Crippen LogP contribution >= 0.6 is 11.6 Å². The number of anilines is 1. The molecule has 0 fully saturated rings. The van der Waals surface area contributed by atoms with Crippen molar-refractivity contribution in [3.63, 3.8) is 0 Å². The molecule has 0 aliphatic heterocycles. The maximum Gasteiger partial charge on any atom is 0.224 e. The van der Waals surface area contributed by atoms with Gasteiger partial charge < -0.3 is 10.1 Å². The van der Waals surface area contributed by atoms with Gasteiger partial charge in [-0.05, 0) is 24.6 Å². The molecule has 0 aliphatic carbocycles. The third-order valence-corrected chi connectivity index (χ3v) is 1.62. The van der Waals surface area contributed by atoms with Crippen molar-refractivity contribution in [2.24, 2.45) is 0 Å². The highest BCUT2D eigenvalue weighted by Gasteiger charge is 2.02. The lowest BCUT2D eigenvalue weighted by molar-refractivity contribution is 0.190. The Morgan fingerprint density at radius 3 is 3.08 bits per heavy atom. The summed E-state index contributed by atoms with van der Waals surface area (Å²) < 4.78 is 4.97. The minimum atomic E-state index is 0.205. The summed E-state index contributed by atoms with van der Waals surface area (Å²) in [6.07, 6.45) is 1.61. The van der Waals surface area contributed by atoms with E-state index >= 15 is 0 Å². The fourth-order valence-corrected chi connectivity index (χ4v) is 1.11. The molecule has 1 aromatic heterocycles. The Labute approximate surface area is 82.3 Å². The van der Waals surface area contributed by atoms with Crippen molar-refractivity contribution < 1.29 is 4.74 Å². The van der Waals surface area contributed by atoms with Crippen LogP contribution in [0.3, 0.4) is 0 Å². The minimum Gasteiger partial charge on any atom is -0.383 e. The van der Waals surface area contributed by atoms with Gasteiger partial charge in [0, 0.05) is 19.3 Å². The maximum absolute atomic E-state index is 5.61. The number of methoxy groups -OCH3 is 1. The van der Waals surface area contributed by atoms with Crippen molar-refractivity contribution in [1.29, 1.82) is 0 Å². The monoisotopic (exact) mass is 201 g/mol. The van der Waals surface area contributed by atoms with E-state index in [-0.39, 0.29) is 11.3 Å². The molecule has 4 nitrogen and oxygen atoms in total. The zero-order valence-corrected chi connectivity index (χ0v) is 8.38. The van der Waals surface area contributed by atoms with Crippen LogP contribution in [-0.2, 0) is 4.74 Å². The lowest BCUT2D eigenvalue weighted by Crippen LogP contribution is -2.21. The molecular weight excluding hydrogens is 190 g/mol. The topological polar surface area (TPSA) is 47.0 Å². The number of rotatable bonds is 4. The second kappa shape index (κ2) is 4.99. The van der Waals surface area contributed by atoms with Gasteiger partial charge in [-0.1, -0.05) is 0 Å². The van der Waals surface area contributed by atoms with Crippen molar-refractivity contribution in [3.05, 3.63) is 17.5 Å². The molecule has 0 aromatic carbocycles. The Bertz CT molecular complexity index is 269. The lowest BCUT2D eigenvalue weighted by atomic mass is 10.3. The normalized spacial score (nSPS) is 12.5. The SMILES string of the molecule is COC[C@@H](C)Nc1ccnc(Cl)n1. The second-order valence-electron chi connectivity index (χ2n) is 2.71. The van der Waals surface area contributed by atoms with Gasteiger partial charge in [-0.25, -0.2) is 9.97 Å². The van der Waals surface area contributed by atoms with Gasteiger partial charge in [0.15, 0.2) is 0 Å². The molecule has 0 amide bonds. The van der Waals surface area contributed by atoms with E-state index in [1.165, 1.54) is 0 Å². The first kappa shape index (κ1) is 10.2. The van der Waals surface area contributed by atoms with Crippen LogP contribution in [0.15, 0.2) is 12.3 Å². The van der Waals surface area contributed by atoms with E-state index in [2.05, 4.69) is 15.3 Å². The molecule has 13 heavy (non-hydrogen) atoms. The summed E-state index contributed by atoms with van der Waals surface area (Å²) in [6, 6.07) is 1.97. The summed E-state index contributed by atoms with van der Waals surface area (Å²) >= 11 is 5.61. The van der Waals surface area contributed by atoms with Crippen LogP contribution in [0.4, 0.5) is 5.82 Å². The average Bonchev–Trinajstić information content (AvgIpc) is 2.04. The van der Waals surface area contributed by atoms with Crippen LogP contribution in [0.1, 0.15) is 6.92 Å². The van der Waals surface area contributed by atoms with Gasteiger partial charge in [0.05, 0.1) is 6.61 Å². The summed E-state index contributed by atoms with van der Waals surface area (Å²) in [5.41, 5.74) is 0. The fourth-order valence-electron chi connectivity index (χ4n) is 0.959. The number of ether oxygens (including phenoxy) is 1. The number of halogens is 1. The molecule has 5 heteroatoms. The quantitative estimate of drug-likeness (QED) is 0.752. The first-order chi connectivity index (χ1) is 6.22. The highest BCUT2D eigenvalue weighted by molar-refractivity contribution is 6.28. The highest BCUT2D eigenvalue weighted by Crippen LogP contribution is 2.06. The molecule has 0 aliphatic rings. The largest absolute Gasteiger partial charge is 0.383 e. The summed E-state index contributed by atoms with van der Waals surface area (Å²) in [5, 5.41) is 3.37. The average molecular weight is 202 g/mol. The van der Waals surface area contributed by atoms with E-state index in [0.717, 1.165) is 0 Å². The first-order valence-electron chi connectivity index (χ1n) is 3.96. The lowest BCUT2D eigenvalue weighted by Gasteiger charge is -2.12.